The van der Waals surface area contributed by atoms with Gasteiger partial charge in [-0.25, -0.2) is 0 Å². The first-order valence-corrected chi connectivity index (χ1v) is 5.78. The maximum absolute atomic E-state index is 12.4. The minimum absolute atomic E-state index is 0.437. The summed E-state index contributed by atoms with van der Waals surface area (Å²) in [4.78, 5) is 0. The Hall–Kier alpha value is -1.48. The topological polar surface area (TPSA) is 0 Å². The third-order valence-electron chi connectivity index (χ3n) is 2.62. The fraction of sp³-hybridized carbons (Fsp3) is 0.143. The van der Waals surface area contributed by atoms with Crippen LogP contribution in [0.15, 0.2) is 54.6 Å². The summed E-state index contributed by atoms with van der Waals surface area (Å²) in [6, 6.07) is 14.1. The minimum Gasteiger partial charge on any atom is -0.166 e. The molecule has 0 fully saturated rings. The zero-order valence-corrected chi connectivity index (χ0v) is 10.0. The van der Waals surface area contributed by atoms with Crippen LogP contribution in [0.3, 0.4) is 0 Å². The van der Waals surface area contributed by atoms with E-state index in [0.717, 1.165) is 17.7 Å². The zero-order chi connectivity index (χ0) is 13.2. The van der Waals surface area contributed by atoms with Crippen LogP contribution in [0.25, 0.3) is 0 Å². The fourth-order valence-electron chi connectivity index (χ4n) is 1.66. The molecule has 0 bridgehead atoms. The maximum Gasteiger partial charge on any atom is 0.416 e. The van der Waals surface area contributed by atoms with Gasteiger partial charge in [-0.15, -0.1) is 11.6 Å². The summed E-state index contributed by atoms with van der Waals surface area (Å²) in [6.07, 6.45) is -4.31. The molecule has 2 rings (SSSR count). The van der Waals surface area contributed by atoms with Crippen LogP contribution < -0.4 is 0 Å². The van der Waals surface area contributed by atoms with E-state index < -0.39 is 17.1 Å². The average Bonchev–Trinajstić information content (AvgIpc) is 2.38. The van der Waals surface area contributed by atoms with Gasteiger partial charge in [0, 0.05) is 0 Å². The molecule has 2 aromatic rings. The lowest BCUT2D eigenvalue weighted by Crippen LogP contribution is -2.04. The van der Waals surface area contributed by atoms with E-state index in [9.17, 15) is 13.2 Å². The fourth-order valence-corrected chi connectivity index (χ4v) is 1.95. The molecule has 1 atom stereocenters. The predicted molar refractivity (Wildman–Crippen MR) is 65.6 cm³/mol. The van der Waals surface area contributed by atoms with E-state index in [2.05, 4.69) is 0 Å². The molecule has 0 unspecified atom stereocenters. The molecule has 94 valence electrons. The molecule has 2 aromatic carbocycles. The highest BCUT2D eigenvalue weighted by Gasteiger charge is 2.30. The van der Waals surface area contributed by atoms with Gasteiger partial charge in [-0.2, -0.15) is 13.2 Å². The van der Waals surface area contributed by atoms with E-state index in [-0.39, 0.29) is 0 Å². The van der Waals surface area contributed by atoms with Crippen molar-refractivity contribution in [1.29, 1.82) is 0 Å². The van der Waals surface area contributed by atoms with E-state index in [1.807, 2.05) is 30.3 Å². The van der Waals surface area contributed by atoms with Gasteiger partial charge in [0.25, 0.3) is 0 Å². The number of alkyl halides is 4. The Morgan fingerprint density at radius 2 is 1.28 bits per heavy atom. The summed E-state index contributed by atoms with van der Waals surface area (Å²) in [5.41, 5.74) is 0.845. The first kappa shape index (κ1) is 13.0. The normalized spacial score (nSPS) is 13.3. The lowest BCUT2D eigenvalue weighted by atomic mass is 10.0. The molecule has 0 heterocycles. The number of hydrogen-bond donors (Lipinski definition) is 0. The van der Waals surface area contributed by atoms with Crippen molar-refractivity contribution in [2.45, 2.75) is 11.6 Å². The van der Waals surface area contributed by atoms with Gasteiger partial charge in [-0.05, 0) is 23.3 Å². The van der Waals surface area contributed by atoms with Crippen LogP contribution in [0.2, 0.25) is 0 Å². The second kappa shape index (κ2) is 5.02. The Morgan fingerprint density at radius 3 is 1.78 bits per heavy atom. The Balaban J connectivity index is 2.25. The number of benzene rings is 2. The smallest absolute Gasteiger partial charge is 0.166 e. The lowest BCUT2D eigenvalue weighted by Gasteiger charge is -2.12. The van der Waals surface area contributed by atoms with Crippen molar-refractivity contribution in [3.05, 3.63) is 71.3 Å². The summed E-state index contributed by atoms with van der Waals surface area (Å²) < 4.78 is 37.2. The van der Waals surface area contributed by atoms with Crippen LogP contribution in [-0.2, 0) is 6.18 Å². The molecule has 0 aromatic heterocycles. The molecular weight excluding hydrogens is 261 g/mol. The van der Waals surface area contributed by atoms with Gasteiger partial charge < -0.3 is 0 Å². The number of halogens is 4. The van der Waals surface area contributed by atoms with Crippen LogP contribution in [0.4, 0.5) is 13.2 Å². The van der Waals surface area contributed by atoms with Crippen LogP contribution in [0, 0.1) is 0 Å². The van der Waals surface area contributed by atoms with Crippen LogP contribution in [0.5, 0.6) is 0 Å². The highest BCUT2D eigenvalue weighted by Crippen LogP contribution is 2.33. The molecule has 0 aliphatic rings. The number of rotatable bonds is 2. The maximum atomic E-state index is 12.4. The molecule has 0 aliphatic heterocycles. The van der Waals surface area contributed by atoms with E-state index in [4.69, 9.17) is 11.6 Å². The van der Waals surface area contributed by atoms with Crippen molar-refractivity contribution < 1.29 is 13.2 Å². The number of hydrogen-bond acceptors (Lipinski definition) is 0. The van der Waals surface area contributed by atoms with Gasteiger partial charge in [0.1, 0.15) is 0 Å². The van der Waals surface area contributed by atoms with Gasteiger partial charge in [0.05, 0.1) is 10.9 Å². The third kappa shape index (κ3) is 2.85. The molecule has 0 saturated carbocycles. The van der Waals surface area contributed by atoms with Crippen LogP contribution >= 0.6 is 11.6 Å². The monoisotopic (exact) mass is 270 g/mol. The van der Waals surface area contributed by atoms with Crippen LogP contribution in [-0.4, -0.2) is 0 Å². The van der Waals surface area contributed by atoms with Crippen molar-refractivity contribution in [2.75, 3.05) is 0 Å². The van der Waals surface area contributed by atoms with Crippen molar-refractivity contribution in [1.82, 2.24) is 0 Å². The third-order valence-corrected chi connectivity index (χ3v) is 3.13. The lowest BCUT2D eigenvalue weighted by molar-refractivity contribution is -0.137. The average molecular weight is 271 g/mol. The summed E-state index contributed by atoms with van der Waals surface area (Å²) >= 11 is 6.22. The SMILES string of the molecule is FC(F)(F)c1ccc([C@@H](Cl)c2ccccc2)cc1. The summed E-state index contributed by atoms with van der Waals surface area (Å²) in [7, 11) is 0. The van der Waals surface area contributed by atoms with Crippen molar-refractivity contribution in [2.24, 2.45) is 0 Å². The standard InChI is InChI=1S/C14H10ClF3/c15-13(10-4-2-1-3-5-10)11-6-8-12(9-7-11)14(16,17)18/h1-9,13H/t13-/m0/s1. The molecule has 0 nitrogen and oxygen atoms in total. The molecule has 0 amide bonds. The van der Waals surface area contributed by atoms with Crippen LogP contribution in [0.1, 0.15) is 22.1 Å². The van der Waals surface area contributed by atoms with Crippen molar-refractivity contribution in [3.63, 3.8) is 0 Å². The molecule has 0 saturated heterocycles. The summed E-state index contributed by atoms with van der Waals surface area (Å²) in [5.74, 6) is 0. The highest BCUT2D eigenvalue weighted by molar-refractivity contribution is 6.22. The second-order valence-electron chi connectivity index (χ2n) is 3.89. The largest absolute Gasteiger partial charge is 0.416 e. The quantitative estimate of drug-likeness (QED) is 0.671. The minimum atomic E-state index is -4.31. The van der Waals surface area contributed by atoms with Crippen molar-refractivity contribution >= 4 is 11.6 Å². The first-order chi connectivity index (χ1) is 8.48. The molecule has 0 spiro atoms. The van der Waals surface area contributed by atoms with Crippen molar-refractivity contribution in [3.8, 4) is 0 Å². The summed E-state index contributed by atoms with van der Waals surface area (Å²) in [5, 5.41) is -0.437. The Labute approximate surface area is 108 Å². The molecule has 18 heavy (non-hydrogen) atoms. The van der Waals surface area contributed by atoms with Gasteiger partial charge in [0.2, 0.25) is 0 Å². The van der Waals surface area contributed by atoms with Gasteiger partial charge >= 0.3 is 6.18 Å². The van der Waals surface area contributed by atoms with E-state index >= 15 is 0 Å². The highest BCUT2D eigenvalue weighted by atomic mass is 35.5. The molecule has 0 aliphatic carbocycles. The Kier molecular flexibility index (Phi) is 3.62. The van der Waals surface area contributed by atoms with E-state index in [0.29, 0.717) is 5.56 Å². The first-order valence-electron chi connectivity index (χ1n) is 5.34. The molecule has 0 N–H and O–H groups in total. The molecule has 4 heteroatoms. The van der Waals surface area contributed by atoms with Gasteiger partial charge in [-0.1, -0.05) is 42.5 Å². The zero-order valence-electron chi connectivity index (χ0n) is 9.29. The van der Waals surface area contributed by atoms with E-state index in [1.54, 1.807) is 0 Å². The molecule has 0 radical (unpaired) electrons. The van der Waals surface area contributed by atoms with E-state index in [1.165, 1.54) is 12.1 Å². The Bertz CT molecular complexity index is 503. The van der Waals surface area contributed by atoms with Gasteiger partial charge in [0.15, 0.2) is 0 Å². The van der Waals surface area contributed by atoms with Gasteiger partial charge in [-0.3, -0.25) is 0 Å². The molecular formula is C14H10ClF3. The summed E-state index contributed by atoms with van der Waals surface area (Å²) in [6.45, 7) is 0. The predicted octanol–water partition coefficient (Wildman–Crippen LogP) is 5.03. The Morgan fingerprint density at radius 1 is 0.778 bits per heavy atom. The second-order valence-corrected chi connectivity index (χ2v) is 4.33.